The number of imidazole rings is 1. The van der Waals surface area contributed by atoms with Crippen molar-refractivity contribution in [3.05, 3.63) is 54.2 Å². The van der Waals surface area contributed by atoms with Crippen LogP contribution in [0.4, 0.5) is 0 Å². The summed E-state index contributed by atoms with van der Waals surface area (Å²) in [6.45, 7) is 1.67. The number of ether oxygens (including phenoxy) is 1. The molecule has 2 aromatic heterocycles. The first-order chi connectivity index (χ1) is 11.3. The van der Waals surface area contributed by atoms with Gasteiger partial charge in [0.05, 0.1) is 18.2 Å². The van der Waals surface area contributed by atoms with Crippen molar-refractivity contribution in [2.45, 2.75) is 31.5 Å². The zero-order valence-electron chi connectivity index (χ0n) is 13.3. The number of aromatic nitrogens is 3. The van der Waals surface area contributed by atoms with Crippen LogP contribution in [0.25, 0.3) is 10.9 Å². The molecular formula is C18H22N4O. The van der Waals surface area contributed by atoms with Gasteiger partial charge in [-0.05, 0) is 29.9 Å². The smallest absolute Gasteiger partial charge is 0.100 e. The van der Waals surface area contributed by atoms with Crippen LogP contribution in [0.2, 0.25) is 0 Å². The Hall–Kier alpha value is -2.11. The number of benzene rings is 1. The van der Waals surface area contributed by atoms with Gasteiger partial charge in [-0.25, -0.2) is 4.98 Å². The molecule has 4 rings (SSSR count). The number of nitrogens with zero attached hydrogens (tertiary/aromatic N) is 2. The molecule has 3 heterocycles. The lowest BCUT2D eigenvalue weighted by Gasteiger charge is -2.30. The van der Waals surface area contributed by atoms with Gasteiger partial charge in [0.1, 0.15) is 6.10 Å². The van der Waals surface area contributed by atoms with Gasteiger partial charge in [0.15, 0.2) is 0 Å². The highest BCUT2D eigenvalue weighted by Crippen LogP contribution is 2.28. The van der Waals surface area contributed by atoms with Crippen molar-refractivity contribution in [1.29, 1.82) is 0 Å². The fourth-order valence-electron chi connectivity index (χ4n) is 3.42. The van der Waals surface area contributed by atoms with E-state index in [4.69, 9.17) is 4.74 Å². The van der Waals surface area contributed by atoms with E-state index in [1.807, 2.05) is 30.3 Å². The third-order valence-electron chi connectivity index (χ3n) is 4.72. The summed E-state index contributed by atoms with van der Waals surface area (Å²) >= 11 is 0. The maximum absolute atomic E-state index is 5.94. The Balaban J connectivity index is 1.43. The Morgan fingerprint density at radius 2 is 2.35 bits per heavy atom. The summed E-state index contributed by atoms with van der Waals surface area (Å²) in [7, 11) is 2.02. The lowest BCUT2D eigenvalue weighted by Crippen LogP contribution is -2.36. The van der Waals surface area contributed by atoms with Crippen LogP contribution < -0.4 is 5.32 Å². The number of aryl methyl sites for hydroxylation is 1. The fraction of sp³-hybridized carbons (Fsp3) is 0.389. The summed E-state index contributed by atoms with van der Waals surface area (Å²) in [5.41, 5.74) is 3.70. The standard InChI is InChI=1S/C18H22N4O/c1-22-12-19-11-16(22)17-9-15(6-8-23-17)21-10-14-4-2-3-13-5-7-20-18(13)14/h2-5,7,11-12,15,17,20-21H,6,8-10H2,1H3/t15-,17+/m1/s1. The summed E-state index contributed by atoms with van der Waals surface area (Å²) < 4.78 is 7.98. The first-order valence-electron chi connectivity index (χ1n) is 8.17. The second-order valence-corrected chi connectivity index (χ2v) is 6.25. The molecule has 1 fully saturated rings. The predicted molar refractivity (Wildman–Crippen MR) is 90.1 cm³/mol. The van der Waals surface area contributed by atoms with Gasteiger partial charge in [-0.2, -0.15) is 0 Å². The highest BCUT2D eigenvalue weighted by molar-refractivity contribution is 5.82. The lowest BCUT2D eigenvalue weighted by atomic mass is 10.0. The monoisotopic (exact) mass is 310 g/mol. The molecule has 120 valence electrons. The molecule has 5 nitrogen and oxygen atoms in total. The van der Waals surface area contributed by atoms with Crippen LogP contribution in [-0.4, -0.2) is 27.2 Å². The van der Waals surface area contributed by atoms with Crippen molar-refractivity contribution >= 4 is 10.9 Å². The third-order valence-corrected chi connectivity index (χ3v) is 4.72. The number of fused-ring (bicyclic) bond motifs is 1. The molecule has 3 aromatic rings. The lowest BCUT2D eigenvalue weighted by molar-refractivity contribution is -0.00402. The summed E-state index contributed by atoms with van der Waals surface area (Å²) in [6.07, 6.45) is 7.92. The van der Waals surface area contributed by atoms with E-state index in [0.717, 1.165) is 31.7 Å². The Morgan fingerprint density at radius 3 is 3.22 bits per heavy atom. The molecule has 0 amide bonds. The Kier molecular flexibility index (Phi) is 3.89. The number of rotatable bonds is 4. The van der Waals surface area contributed by atoms with Gasteiger partial charge >= 0.3 is 0 Å². The number of hydrogen-bond acceptors (Lipinski definition) is 3. The summed E-state index contributed by atoms with van der Waals surface area (Å²) in [5, 5.41) is 4.97. The Bertz CT molecular complexity index is 791. The van der Waals surface area contributed by atoms with Crippen molar-refractivity contribution in [2.24, 2.45) is 7.05 Å². The van der Waals surface area contributed by atoms with Crippen LogP contribution in [0, 0.1) is 0 Å². The van der Waals surface area contributed by atoms with Gasteiger partial charge in [0.2, 0.25) is 0 Å². The molecule has 1 saturated heterocycles. The SMILES string of the molecule is Cn1cncc1[C@@H]1C[C@H](NCc2cccc3cc[nH]c23)CCO1. The van der Waals surface area contributed by atoms with E-state index in [0.29, 0.717) is 6.04 Å². The molecule has 2 atom stereocenters. The number of nitrogens with one attached hydrogen (secondary N) is 2. The molecule has 0 bridgehead atoms. The molecule has 1 aromatic carbocycles. The zero-order chi connectivity index (χ0) is 15.6. The van der Waals surface area contributed by atoms with Crippen molar-refractivity contribution in [2.75, 3.05) is 6.61 Å². The minimum Gasteiger partial charge on any atom is -0.372 e. The normalized spacial score (nSPS) is 21.8. The third kappa shape index (κ3) is 2.90. The van der Waals surface area contributed by atoms with Gasteiger partial charge in [0.25, 0.3) is 0 Å². The molecule has 2 N–H and O–H groups in total. The van der Waals surface area contributed by atoms with Gasteiger partial charge in [-0.3, -0.25) is 0 Å². The van der Waals surface area contributed by atoms with Gasteiger partial charge in [-0.1, -0.05) is 18.2 Å². The number of hydrogen-bond donors (Lipinski definition) is 2. The molecule has 1 aliphatic rings. The van der Waals surface area contributed by atoms with Crippen LogP contribution in [0.15, 0.2) is 43.0 Å². The molecule has 0 saturated carbocycles. The first-order valence-corrected chi connectivity index (χ1v) is 8.17. The van der Waals surface area contributed by atoms with E-state index < -0.39 is 0 Å². The average molecular weight is 310 g/mol. The topological polar surface area (TPSA) is 54.9 Å². The Labute approximate surface area is 135 Å². The fourth-order valence-corrected chi connectivity index (χ4v) is 3.42. The minimum atomic E-state index is 0.134. The minimum absolute atomic E-state index is 0.134. The van der Waals surface area contributed by atoms with Crippen molar-refractivity contribution < 1.29 is 4.74 Å². The number of para-hydroxylation sites is 1. The van der Waals surface area contributed by atoms with E-state index >= 15 is 0 Å². The maximum atomic E-state index is 5.94. The molecule has 23 heavy (non-hydrogen) atoms. The second kappa shape index (κ2) is 6.18. The van der Waals surface area contributed by atoms with Crippen LogP contribution in [0.5, 0.6) is 0 Å². The van der Waals surface area contributed by atoms with E-state index in [2.05, 4.69) is 39.6 Å². The van der Waals surface area contributed by atoms with E-state index in [-0.39, 0.29) is 6.10 Å². The van der Waals surface area contributed by atoms with E-state index in [1.165, 1.54) is 16.5 Å². The molecule has 5 heteroatoms. The molecule has 0 aliphatic carbocycles. The van der Waals surface area contributed by atoms with Crippen molar-refractivity contribution in [1.82, 2.24) is 19.9 Å². The van der Waals surface area contributed by atoms with Gasteiger partial charge in [0, 0.05) is 38.0 Å². The zero-order valence-corrected chi connectivity index (χ0v) is 13.3. The van der Waals surface area contributed by atoms with Crippen molar-refractivity contribution in [3.63, 3.8) is 0 Å². The largest absolute Gasteiger partial charge is 0.372 e. The van der Waals surface area contributed by atoms with Crippen molar-refractivity contribution in [3.8, 4) is 0 Å². The molecule has 0 unspecified atom stereocenters. The van der Waals surface area contributed by atoms with Gasteiger partial charge < -0.3 is 19.6 Å². The molecular weight excluding hydrogens is 288 g/mol. The molecule has 0 radical (unpaired) electrons. The van der Waals surface area contributed by atoms with Crippen LogP contribution >= 0.6 is 0 Å². The highest BCUT2D eigenvalue weighted by Gasteiger charge is 2.25. The maximum Gasteiger partial charge on any atom is 0.100 e. The van der Waals surface area contributed by atoms with Crippen LogP contribution in [0.1, 0.15) is 30.2 Å². The van der Waals surface area contributed by atoms with Crippen LogP contribution in [-0.2, 0) is 18.3 Å². The van der Waals surface area contributed by atoms with Crippen LogP contribution in [0.3, 0.4) is 0 Å². The predicted octanol–water partition coefficient (Wildman–Crippen LogP) is 2.91. The summed E-state index contributed by atoms with van der Waals surface area (Å²) in [5.74, 6) is 0. The molecule has 0 spiro atoms. The average Bonchev–Trinajstić information content (AvgIpc) is 3.22. The second-order valence-electron chi connectivity index (χ2n) is 6.25. The number of H-pyrrole nitrogens is 1. The van der Waals surface area contributed by atoms with E-state index in [9.17, 15) is 0 Å². The highest BCUT2D eigenvalue weighted by atomic mass is 16.5. The number of aromatic amines is 1. The quantitative estimate of drug-likeness (QED) is 0.779. The van der Waals surface area contributed by atoms with Gasteiger partial charge in [-0.15, -0.1) is 0 Å². The van der Waals surface area contributed by atoms with E-state index in [1.54, 1.807) is 0 Å². The summed E-state index contributed by atoms with van der Waals surface area (Å²) in [4.78, 5) is 7.54. The summed E-state index contributed by atoms with van der Waals surface area (Å²) in [6, 6.07) is 9.03. The first kappa shape index (κ1) is 14.5. The molecule has 1 aliphatic heterocycles. The Morgan fingerprint density at radius 1 is 1.39 bits per heavy atom.